The molecular formula is C15H23NS. The van der Waals surface area contributed by atoms with Gasteiger partial charge in [-0.1, -0.05) is 17.7 Å². The van der Waals surface area contributed by atoms with Gasteiger partial charge in [-0.2, -0.15) is 11.8 Å². The van der Waals surface area contributed by atoms with E-state index >= 15 is 0 Å². The van der Waals surface area contributed by atoms with Gasteiger partial charge in [0.25, 0.3) is 0 Å². The van der Waals surface area contributed by atoms with Crippen LogP contribution in [-0.2, 0) is 6.54 Å². The van der Waals surface area contributed by atoms with E-state index in [0.29, 0.717) is 0 Å². The van der Waals surface area contributed by atoms with Crippen LogP contribution in [0.25, 0.3) is 0 Å². The van der Waals surface area contributed by atoms with Gasteiger partial charge in [0.2, 0.25) is 0 Å². The maximum absolute atomic E-state index is 3.62. The van der Waals surface area contributed by atoms with Crippen LogP contribution in [0, 0.1) is 20.8 Å². The number of aryl methyl sites for hydroxylation is 3. The molecule has 1 heterocycles. The summed E-state index contributed by atoms with van der Waals surface area (Å²) in [5, 5.41) is 4.47. The standard InChI is InChI=1S/C15H23NS/c1-11-7-12(2)15(13(3)8-11)10-16-9-14-5-4-6-17-14/h7-8,14,16H,4-6,9-10H2,1-3H3. The van der Waals surface area contributed by atoms with E-state index in [1.54, 1.807) is 0 Å². The Hall–Kier alpha value is -0.470. The highest BCUT2D eigenvalue weighted by Crippen LogP contribution is 2.25. The zero-order valence-corrected chi connectivity index (χ0v) is 12.0. The van der Waals surface area contributed by atoms with Crippen LogP contribution < -0.4 is 5.32 Å². The van der Waals surface area contributed by atoms with E-state index in [9.17, 15) is 0 Å². The van der Waals surface area contributed by atoms with E-state index < -0.39 is 0 Å². The van der Waals surface area contributed by atoms with E-state index in [1.807, 2.05) is 0 Å². The molecule has 0 saturated carbocycles. The summed E-state index contributed by atoms with van der Waals surface area (Å²) < 4.78 is 0. The van der Waals surface area contributed by atoms with Gasteiger partial charge in [0.15, 0.2) is 0 Å². The van der Waals surface area contributed by atoms with Crippen molar-refractivity contribution in [2.45, 2.75) is 45.4 Å². The van der Waals surface area contributed by atoms with Crippen molar-refractivity contribution in [3.05, 3.63) is 34.4 Å². The van der Waals surface area contributed by atoms with Crippen LogP contribution in [0.1, 0.15) is 35.1 Å². The Bertz CT molecular complexity index is 358. The Kier molecular flexibility index (Phi) is 4.52. The summed E-state index contributed by atoms with van der Waals surface area (Å²) in [4.78, 5) is 0. The molecule has 94 valence electrons. The maximum atomic E-state index is 3.62. The minimum Gasteiger partial charge on any atom is -0.312 e. The molecule has 0 radical (unpaired) electrons. The first-order valence-electron chi connectivity index (χ1n) is 6.56. The van der Waals surface area contributed by atoms with Crippen molar-refractivity contribution >= 4 is 11.8 Å². The molecule has 1 aromatic rings. The van der Waals surface area contributed by atoms with Gasteiger partial charge in [-0.05, 0) is 56.1 Å². The molecular weight excluding hydrogens is 226 g/mol. The van der Waals surface area contributed by atoms with Gasteiger partial charge < -0.3 is 5.32 Å². The van der Waals surface area contributed by atoms with Crippen LogP contribution >= 0.6 is 11.8 Å². The lowest BCUT2D eigenvalue weighted by Gasteiger charge is -2.14. The van der Waals surface area contributed by atoms with E-state index in [0.717, 1.165) is 18.3 Å². The van der Waals surface area contributed by atoms with Gasteiger partial charge in [0.1, 0.15) is 0 Å². The molecule has 0 aliphatic carbocycles. The van der Waals surface area contributed by atoms with Gasteiger partial charge in [-0.3, -0.25) is 0 Å². The maximum Gasteiger partial charge on any atom is 0.0211 e. The summed E-state index contributed by atoms with van der Waals surface area (Å²) in [6, 6.07) is 4.57. The van der Waals surface area contributed by atoms with Crippen molar-refractivity contribution < 1.29 is 0 Å². The number of rotatable bonds is 4. The summed E-state index contributed by atoms with van der Waals surface area (Å²) in [5.41, 5.74) is 5.71. The van der Waals surface area contributed by atoms with Gasteiger partial charge in [-0.15, -0.1) is 0 Å². The highest BCUT2D eigenvalue weighted by Gasteiger charge is 2.14. The lowest BCUT2D eigenvalue weighted by atomic mass is 10.00. The van der Waals surface area contributed by atoms with Crippen LogP contribution in [0.2, 0.25) is 0 Å². The van der Waals surface area contributed by atoms with Crippen LogP contribution in [0.15, 0.2) is 12.1 Å². The highest BCUT2D eigenvalue weighted by molar-refractivity contribution is 8.00. The van der Waals surface area contributed by atoms with E-state index in [-0.39, 0.29) is 0 Å². The molecule has 0 spiro atoms. The minimum absolute atomic E-state index is 0.848. The largest absolute Gasteiger partial charge is 0.312 e. The van der Waals surface area contributed by atoms with Crippen molar-refractivity contribution in [2.24, 2.45) is 0 Å². The first-order valence-corrected chi connectivity index (χ1v) is 7.60. The topological polar surface area (TPSA) is 12.0 Å². The Labute approximate surface area is 109 Å². The van der Waals surface area contributed by atoms with E-state index in [2.05, 4.69) is 50.0 Å². The van der Waals surface area contributed by atoms with Crippen LogP contribution in [-0.4, -0.2) is 17.5 Å². The monoisotopic (exact) mass is 249 g/mol. The molecule has 0 amide bonds. The Morgan fingerprint density at radius 2 is 1.94 bits per heavy atom. The molecule has 1 aliphatic rings. The molecule has 1 atom stereocenters. The highest BCUT2D eigenvalue weighted by atomic mass is 32.2. The number of thioether (sulfide) groups is 1. The Morgan fingerprint density at radius 3 is 2.53 bits per heavy atom. The molecule has 0 aromatic heterocycles. The molecule has 0 bridgehead atoms. The Balaban J connectivity index is 1.89. The van der Waals surface area contributed by atoms with Crippen molar-refractivity contribution in [1.82, 2.24) is 5.32 Å². The summed E-state index contributed by atoms with van der Waals surface area (Å²) in [7, 11) is 0. The average Bonchev–Trinajstić information content (AvgIpc) is 2.74. The van der Waals surface area contributed by atoms with Gasteiger partial charge in [0, 0.05) is 18.3 Å². The number of hydrogen-bond acceptors (Lipinski definition) is 2. The molecule has 1 fully saturated rings. The average molecular weight is 249 g/mol. The molecule has 1 aliphatic heterocycles. The smallest absolute Gasteiger partial charge is 0.0211 e. The molecule has 17 heavy (non-hydrogen) atoms. The van der Waals surface area contributed by atoms with Gasteiger partial charge >= 0.3 is 0 Å². The molecule has 1 N–H and O–H groups in total. The molecule has 1 nitrogen and oxygen atoms in total. The van der Waals surface area contributed by atoms with Crippen LogP contribution in [0.4, 0.5) is 0 Å². The zero-order valence-electron chi connectivity index (χ0n) is 11.2. The molecule has 1 aromatic carbocycles. The summed E-state index contributed by atoms with van der Waals surface area (Å²) >= 11 is 2.13. The third-order valence-corrected chi connectivity index (χ3v) is 4.94. The van der Waals surface area contributed by atoms with Crippen molar-refractivity contribution in [1.29, 1.82) is 0 Å². The lowest BCUT2D eigenvalue weighted by molar-refractivity contribution is 0.642. The van der Waals surface area contributed by atoms with Gasteiger partial charge in [0.05, 0.1) is 0 Å². The summed E-state index contributed by atoms with van der Waals surface area (Å²) in [6.45, 7) is 8.81. The third-order valence-electron chi connectivity index (χ3n) is 3.54. The number of nitrogens with one attached hydrogen (secondary N) is 1. The van der Waals surface area contributed by atoms with E-state index in [4.69, 9.17) is 0 Å². The van der Waals surface area contributed by atoms with Crippen molar-refractivity contribution in [3.8, 4) is 0 Å². The van der Waals surface area contributed by atoms with E-state index in [1.165, 1.54) is 40.8 Å². The molecule has 1 saturated heterocycles. The zero-order chi connectivity index (χ0) is 12.3. The fourth-order valence-corrected chi connectivity index (χ4v) is 3.89. The van der Waals surface area contributed by atoms with Crippen LogP contribution in [0.5, 0.6) is 0 Å². The summed E-state index contributed by atoms with van der Waals surface area (Å²) in [6.07, 6.45) is 2.79. The first-order chi connectivity index (χ1) is 8.16. The third kappa shape index (κ3) is 3.49. The number of hydrogen-bond donors (Lipinski definition) is 1. The quantitative estimate of drug-likeness (QED) is 0.875. The minimum atomic E-state index is 0.848. The summed E-state index contributed by atoms with van der Waals surface area (Å²) in [5.74, 6) is 1.36. The van der Waals surface area contributed by atoms with Crippen molar-refractivity contribution in [3.63, 3.8) is 0 Å². The second-order valence-electron chi connectivity index (χ2n) is 5.14. The number of benzene rings is 1. The fraction of sp³-hybridized carbons (Fsp3) is 0.600. The predicted octanol–water partition coefficient (Wildman–Crippen LogP) is 3.60. The van der Waals surface area contributed by atoms with Crippen LogP contribution in [0.3, 0.4) is 0 Å². The second-order valence-corrected chi connectivity index (χ2v) is 6.55. The second kappa shape index (κ2) is 5.92. The Morgan fingerprint density at radius 1 is 1.24 bits per heavy atom. The van der Waals surface area contributed by atoms with Crippen molar-refractivity contribution in [2.75, 3.05) is 12.3 Å². The first kappa shape index (κ1) is 13.0. The molecule has 2 heteroatoms. The lowest BCUT2D eigenvalue weighted by Crippen LogP contribution is -2.23. The van der Waals surface area contributed by atoms with Gasteiger partial charge in [-0.25, -0.2) is 0 Å². The fourth-order valence-electron chi connectivity index (χ4n) is 2.65. The molecule has 1 unspecified atom stereocenters. The molecule has 2 rings (SSSR count). The predicted molar refractivity (Wildman–Crippen MR) is 77.8 cm³/mol. The SMILES string of the molecule is Cc1cc(C)c(CNCC2CCCS2)c(C)c1. The normalized spacial score (nSPS) is 19.8.